The van der Waals surface area contributed by atoms with Gasteiger partial charge in [-0.05, 0) is 35.4 Å². The Balaban J connectivity index is 1.96. The molecule has 33 heavy (non-hydrogen) atoms. The lowest BCUT2D eigenvalue weighted by molar-refractivity contribution is 0.353. The van der Waals surface area contributed by atoms with Gasteiger partial charge >= 0.3 is 10.1 Å². The second-order valence-electron chi connectivity index (χ2n) is 7.21. The molecule has 0 bridgehead atoms. The Morgan fingerprint density at radius 1 is 0.727 bits per heavy atom. The van der Waals surface area contributed by atoms with Gasteiger partial charge in [0.15, 0.2) is 11.5 Å². The number of rotatable bonds is 10. The molecule has 0 spiro atoms. The van der Waals surface area contributed by atoms with Gasteiger partial charge in [-0.2, -0.15) is 12.7 Å². The predicted molar refractivity (Wildman–Crippen MR) is 124 cm³/mol. The second kappa shape index (κ2) is 10.2. The van der Waals surface area contributed by atoms with Crippen LogP contribution in [0, 0.1) is 0 Å². The van der Waals surface area contributed by atoms with Crippen LogP contribution in [0.15, 0.2) is 77.7 Å². The Morgan fingerprint density at radius 3 is 1.85 bits per heavy atom. The van der Waals surface area contributed by atoms with Gasteiger partial charge in [0.25, 0.3) is 0 Å². The summed E-state index contributed by atoms with van der Waals surface area (Å²) >= 11 is 0. The van der Waals surface area contributed by atoms with E-state index in [4.69, 9.17) is 13.7 Å². The normalized spacial score (nSPS) is 11.9. The van der Waals surface area contributed by atoms with Crippen LogP contribution < -0.4 is 13.7 Å². The first-order valence-corrected chi connectivity index (χ1v) is 13.1. The fourth-order valence-corrected chi connectivity index (χ4v) is 5.06. The van der Waals surface area contributed by atoms with Crippen molar-refractivity contribution in [2.75, 3.05) is 20.5 Å². The van der Waals surface area contributed by atoms with Crippen LogP contribution in [0.1, 0.15) is 11.1 Å². The topological polar surface area (TPSA) is 99.2 Å². The molecule has 0 saturated heterocycles. The molecule has 0 heterocycles. The van der Waals surface area contributed by atoms with Gasteiger partial charge in [-0.25, -0.2) is 8.42 Å². The summed E-state index contributed by atoms with van der Waals surface area (Å²) in [6, 6.07) is 19.9. The van der Waals surface area contributed by atoms with E-state index < -0.39 is 20.1 Å². The molecule has 3 aromatic rings. The lowest BCUT2D eigenvalue weighted by Gasteiger charge is -2.23. The van der Waals surface area contributed by atoms with E-state index in [1.807, 2.05) is 30.3 Å². The van der Waals surface area contributed by atoms with Gasteiger partial charge in [-0.15, -0.1) is 0 Å². The summed E-state index contributed by atoms with van der Waals surface area (Å²) < 4.78 is 66.5. The first-order valence-electron chi connectivity index (χ1n) is 9.87. The Hall–Kier alpha value is -3.08. The summed E-state index contributed by atoms with van der Waals surface area (Å²) in [4.78, 5) is 0.0631. The van der Waals surface area contributed by atoms with E-state index in [1.54, 1.807) is 18.2 Å². The summed E-state index contributed by atoms with van der Waals surface area (Å²) in [7, 11) is -4.66. The maximum Gasteiger partial charge on any atom is 0.306 e. The monoisotopic (exact) mass is 491 g/mol. The maximum atomic E-state index is 13.6. The molecular weight excluding hydrogens is 466 g/mol. The van der Waals surface area contributed by atoms with Crippen molar-refractivity contribution in [2.45, 2.75) is 18.0 Å². The number of sulfonamides is 1. The minimum atomic E-state index is -3.92. The predicted octanol–water partition coefficient (Wildman–Crippen LogP) is 3.43. The summed E-state index contributed by atoms with van der Waals surface area (Å²) in [5.41, 5.74) is 1.48. The highest BCUT2D eigenvalue weighted by atomic mass is 32.2. The Morgan fingerprint density at radius 2 is 1.30 bits per heavy atom. The zero-order valence-corrected chi connectivity index (χ0v) is 20.1. The van der Waals surface area contributed by atoms with Crippen molar-refractivity contribution >= 4 is 20.1 Å². The van der Waals surface area contributed by atoms with Gasteiger partial charge < -0.3 is 13.7 Å². The second-order valence-corrected chi connectivity index (χ2v) is 10.7. The molecule has 0 N–H and O–H groups in total. The van der Waals surface area contributed by atoms with Crippen LogP contribution in [0.25, 0.3) is 0 Å². The molecule has 10 heteroatoms. The Bertz CT molecular complexity index is 1290. The van der Waals surface area contributed by atoms with Crippen molar-refractivity contribution in [3.8, 4) is 17.2 Å². The molecule has 0 aromatic heterocycles. The minimum absolute atomic E-state index is 0.0602. The molecule has 8 nitrogen and oxygen atoms in total. The van der Waals surface area contributed by atoms with Gasteiger partial charge in [0.2, 0.25) is 10.0 Å². The molecule has 176 valence electrons. The van der Waals surface area contributed by atoms with Gasteiger partial charge in [-0.1, -0.05) is 42.5 Å². The first-order chi connectivity index (χ1) is 15.6. The molecule has 0 saturated carbocycles. The third kappa shape index (κ3) is 6.47. The van der Waals surface area contributed by atoms with E-state index in [-0.39, 0.29) is 23.7 Å². The van der Waals surface area contributed by atoms with Gasteiger partial charge in [-0.3, -0.25) is 0 Å². The molecule has 0 amide bonds. The number of hydrogen-bond donors (Lipinski definition) is 0. The maximum absolute atomic E-state index is 13.6. The van der Waals surface area contributed by atoms with E-state index >= 15 is 0 Å². The van der Waals surface area contributed by atoms with Crippen LogP contribution in [0.5, 0.6) is 17.2 Å². The zero-order valence-electron chi connectivity index (χ0n) is 18.5. The summed E-state index contributed by atoms with van der Waals surface area (Å²) in [6.45, 7) is 0.198. The number of ether oxygens (including phenoxy) is 2. The Labute approximate surface area is 194 Å². The van der Waals surface area contributed by atoms with Crippen molar-refractivity contribution in [2.24, 2.45) is 0 Å². The number of nitrogens with zero attached hydrogens (tertiary/aromatic N) is 1. The molecule has 0 unspecified atom stereocenters. The van der Waals surface area contributed by atoms with Crippen LogP contribution in [0.4, 0.5) is 0 Å². The smallest absolute Gasteiger partial charge is 0.306 e. The van der Waals surface area contributed by atoms with E-state index in [9.17, 15) is 16.8 Å². The van der Waals surface area contributed by atoms with E-state index in [0.717, 1.165) is 11.8 Å². The van der Waals surface area contributed by atoms with Crippen LogP contribution in [0.2, 0.25) is 0 Å². The lowest BCUT2D eigenvalue weighted by atomic mass is 10.2. The molecule has 0 radical (unpaired) electrons. The molecular formula is C23H25NO7S2. The first kappa shape index (κ1) is 24.6. The van der Waals surface area contributed by atoms with E-state index in [2.05, 4.69) is 0 Å². The SMILES string of the molecule is COc1ccc(S(=O)(=O)N(Cc2ccccc2)Cc2ccc(OS(C)(=O)=O)cc2)cc1OC. The fraction of sp³-hybridized carbons (Fsp3) is 0.217. The van der Waals surface area contributed by atoms with E-state index in [0.29, 0.717) is 17.1 Å². The standard InChI is InChI=1S/C23H25NO7S2/c1-29-22-14-13-21(15-23(22)30-2)33(27,28)24(16-18-7-5-4-6-8-18)17-19-9-11-20(12-10-19)31-32(3,25)26/h4-15H,16-17H2,1-3H3. The highest BCUT2D eigenvalue weighted by molar-refractivity contribution is 7.89. The fourth-order valence-electron chi connectivity index (χ4n) is 3.17. The van der Waals surface area contributed by atoms with Crippen LogP contribution in [0.3, 0.4) is 0 Å². The van der Waals surface area contributed by atoms with Crippen molar-refractivity contribution in [3.05, 3.63) is 83.9 Å². The van der Waals surface area contributed by atoms with E-state index in [1.165, 1.54) is 42.8 Å². The highest BCUT2D eigenvalue weighted by Gasteiger charge is 2.26. The largest absolute Gasteiger partial charge is 0.493 e. The van der Waals surface area contributed by atoms with Crippen LogP contribution >= 0.6 is 0 Å². The van der Waals surface area contributed by atoms with Gasteiger partial charge in [0.1, 0.15) is 5.75 Å². The van der Waals surface area contributed by atoms with Gasteiger partial charge in [0.05, 0.1) is 25.4 Å². The highest BCUT2D eigenvalue weighted by Crippen LogP contribution is 2.31. The molecule has 0 aliphatic heterocycles. The van der Waals surface area contributed by atoms with Crippen LogP contribution in [-0.4, -0.2) is 41.6 Å². The third-order valence-corrected chi connectivity index (χ3v) is 7.01. The molecule has 0 aliphatic carbocycles. The third-order valence-electron chi connectivity index (χ3n) is 4.72. The van der Waals surface area contributed by atoms with Crippen molar-refractivity contribution < 1.29 is 30.5 Å². The average molecular weight is 492 g/mol. The summed E-state index contributed by atoms with van der Waals surface area (Å²) in [6.07, 6.45) is 0.957. The molecule has 0 aliphatic rings. The van der Waals surface area contributed by atoms with Crippen molar-refractivity contribution in [3.63, 3.8) is 0 Å². The average Bonchev–Trinajstić information content (AvgIpc) is 2.79. The Kier molecular flexibility index (Phi) is 7.62. The van der Waals surface area contributed by atoms with Crippen molar-refractivity contribution in [1.29, 1.82) is 0 Å². The summed E-state index contributed by atoms with van der Waals surface area (Å²) in [5.74, 6) is 0.881. The number of methoxy groups -OCH3 is 2. The molecule has 3 aromatic carbocycles. The zero-order chi connectivity index (χ0) is 24.1. The summed E-state index contributed by atoms with van der Waals surface area (Å²) in [5, 5.41) is 0. The quantitative estimate of drug-likeness (QED) is 0.401. The van der Waals surface area contributed by atoms with Crippen LogP contribution in [-0.2, 0) is 33.2 Å². The number of benzene rings is 3. The lowest BCUT2D eigenvalue weighted by Crippen LogP contribution is -2.30. The minimum Gasteiger partial charge on any atom is -0.493 e. The van der Waals surface area contributed by atoms with Gasteiger partial charge in [0, 0.05) is 19.2 Å². The van der Waals surface area contributed by atoms with Crippen molar-refractivity contribution in [1.82, 2.24) is 4.31 Å². The molecule has 0 fully saturated rings. The molecule has 3 rings (SSSR count). The number of hydrogen-bond acceptors (Lipinski definition) is 7. The molecule has 0 atom stereocenters.